The first kappa shape index (κ1) is 16.0. The summed E-state index contributed by atoms with van der Waals surface area (Å²) < 4.78 is 0. The third-order valence-electron chi connectivity index (χ3n) is 3.06. The van der Waals surface area contributed by atoms with Gasteiger partial charge in [0.2, 0.25) is 5.91 Å². The van der Waals surface area contributed by atoms with E-state index < -0.39 is 11.9 Å². The number of anilines is 2. The van der Waals surface area contributed by atoms with Crippen molar-refractivity contribution >= 4 is 29.1 Å². The molecular weight excluding hydrogens is 298 g/mol. The van der Waals surface area contributed by atoms with E-state index in [2.05, 4.69) is 10.6 Å². The van der Waals surface area contributed by atoms with Crippen LogP contribution in [0.3, 0.4) is 0 Å². The van der Waals surface area contributed by atoms with Crippen molar-refractivity contribution < 1.29 is 19.5 Å². The second kappa shape index (κ2) is 6.61. The van der Waals surface area contributed by atoms with Gasteiger partial charge >= 0.3 is 6.03 Å². The highest BCUT2D eigenvalue weighted by molar-refractivity contribution is 6.03. The summed E-state index contributed by atoms with van der Waals surface area (Å²) in [4.78, 5) is 34.4. The lowest BCUT2D eigenvalue weighted by Crippen LogP contribution is -2.20. The second-order valence-electron chi connectivity index (χ2n) is 4.81. The number of amides is 3. The number of phenols is 1. The lowest BCUT2D eigenvalue weighted by atomic mass is 10.1. The van der Waals surface area contributed by atoms with Gasteiger partial charge in [0.15, 0.2) is 5.78 Å². The molecule has 2 aromatic rings. The van der Waals surface area contributed by atoms with Crippen LogP contribution in [0.2, 0.25) is 0 Å². The molecule has 0 unspecified atom stereocenters. The van der Waals surface area contributed by atoms with Gasteiger partial charge in [0.05, 0.1) is 5.69 Å². The van der Waals surface area contributed by atoms with E-state index in [-0.39, 0.29) is 22.8 Å². The summed E-state index contributed by atoms with van der Waals surface area (Å²) in [7, 11) is 0. The van der Waals surface area contributed by atoms with Crippen LogP contribution in [-0.2, 0) is 0 Å². The lowest BCUT2D eigenvalue weighted by molar-refractivity contribution is 0.0996. The summed E-state index contributed by atoms with van der Waals surface area (Å²) in [6.07, 6.45) is 0. The van der Waals surface area contributed by atoms with Crippen molar-refractivity contribution in [3.8, 4) is 5.75 Å². The van der Waals surface area contributed by atoms with Crippen LogP contribution < -0.4 is 16.4 Å². The summed E-state index contributed by atoms with van der Waals surface area (Å²) >= 11 is 0. The smallest absolute Gasteiger partial charge is 0.323 e. The zero-order valence-corrected chi connectivity index (χ0v) is 12.3. The van der Waals surface area contributed by atoms with Crippen molar-refractivity contribution in [2.24, 2.45) is 5.73 Å². The lowest BCUT2D eigenvalue weighted by Gasteiger charge is -2.10. The Morgan fingerprint density at radius 1 is 1.00 bits per heavy atom. The predicted molar refractivity (Wildman–Crippen MR) is 85.7 cm³/mol. The first-order chi connectivity index (χ1) is 10.9. The van der Waals surface area contributed by atoms with Gasteiger partial charge < -0.3 is 21.5 Å². The fourth-order valence-electron chi connectivity index (χ4n) is 1.89. The zero-order chi connectivity index (χ0) is 17.0. The molecule has 0 saturated carbocycles. The maximum absolute atomic E-state index is 12.0. The molecule has 0 spiro atoms. The molecule has 5 N–H and O–H groups in total. The van der Waals surface area contributed by atoms with E-state index >= 15 is 0 Å². The molecule has 0 radical (unpaired) electrons. The van der Waals surface area contributed by atoms with Gasteiger partial charge in [0.25, 0.3) is 0 Å². The number of phenolic OH excluding ortho intramolecular Hbond substituents is 1. The minimum atomic E-state index is -0.678. The van der Waals surface area contributed by atoms with Gasteiger partial charge in [0, 0.05) is 16.8 Å². The van der Waals surface area contributed by atoms with Crippen LogP contribution in [0, 0.1) is 0 Å². The quantitative estimate of drug-likeness (QED) is 0.511. The fraction of sp³-hybridized carbons (Fsp3) is 0.0625. The Labute approximate surface area is 132 Å². The Bertz CT molecular complexity index is 787. The van der Waals surface area contributed by atoms with E-state index in [9.17, 15) is 19.5 Å². The van der Waals surface area contributed by atoms with Crippen LogP contribution >= 0.6 is 0 Å². The van der Waals surface area contributed by atoms with Crippen molar-refractivity contribution in [1.82, 2.24) is 0 Å². The SMILES string of the molecule is CC(=O)c1cccc(NC(=O)Nc2cc(C(N)=O)ccc2O)c1. The second-order valence-corrected chi connectivity index (χ2v) is 4.81. The molecule has 3 amide bonds. The largest absolute Gasteiger partial charge is 0.506 e. The van der Waals surface area contributed by atoms with Gasteiger partial charge in [-0.3, -0.25) is 9.59 Å². The fourth-order valence-corrected chi connectivity index (χ4v) is 1.89. The highest BCUT2D eigenvalue weighted by Gasteiger charge is 2.10. The van der Waals surface area contributed by atoms with Crippen LogP contribution in [-0.4, -0.2) is 22.8 Å². The maximum Gasteiger partial charge on any atom is 0.323 e. The Kier molecular flexibility index (Phi) is 4.61. The topological polar surface area (TPSA) is 122 Å². The average molecular weight is 313 g/mol. The summed E-state index contributed by atoms with van der Waals surface area (Å²) in [5.41, 5.74) is 6.22. The van der Waals surface area contributed by atoms with Crippen LogP contribution in [0.4, 0.5) is 16.2 Å². The normalized spacial score (nSPS) is 9.96. The number of urea groups is 1. The summed E-state index contributed by atoms with van der Waals surface area (Å²) in [5, 5.41) is 14.7. The highest BCUT2D eigenvalue weighted by Crippen LogP contribution is 2.24. The van der Waals surface area contributed by atoms with Gasteiger partial charge in [0.1, 0.15) is 5.75 Å². The van der Waals surface area contributed by atoms with Gasteiger partial charge in [-0.2, -0.15) is 0 Å². The number of ketones is 1. The first-order valence-electron chi connectivity index (χ1n) is 6.68. The van der Waals surface area contributed by atoms with Crippen LogP contribution in [0.5, 0.6) is 5.75 Å². The van der Waals surface area contributed by atoms with Crippen LogP contribution in [0.25, 0.3) is 0 Å². The third kappa shape index (κ3) is 4.07. The van der Waals surface area contributed by atoms with E-state index in [4.69, 9.17) is 5.73 Å². The number of nitrogens with two attached hydrogens (primary N) is 1. The van der Waals surface area contributed by atoms with E-state index in [1.165, 1.54) is 31.2 Å². The summed E-state index contributed by atoms with van der Waals surface area (Å²) in [6.45, 7) is 1.42. The molecule has 7 heteroatoms. The molecule has 0 aliphatic carbocycles. The van der Waals surface area contributed by atoms with Crippen molar-refractivity contribution in [1.29, 1.82) is 0 Å². The van der Waals surface area contributed by atoms with Crippen LogP contribution in [0.1, 0.15) is 27.6 Å². The average Bonchev–Trinajstić information content (AvgIpc) is 2.49. The third-order valence-corrected chi connectivity index (χ3v) is 3.06. The predicted octanol–water partition coefficient (Wildman–Crippen LogP) is 2.34. The molecule has 7 nitrogen and oxygen atoms in total. The molecule has 0 aromatic heterocycles. The highest BCUT2D eigenvalue weighted by atomic mass is 16.3. The van der Waals surface area contributed by atoms with E-state index in [1.54, 1.807) is 18.2 Å². The number of carbonyl (C=O) groups excluding carboxylic acids is 3. The Hall–Kier alpha value is -3.35. The number of hydrogen-bond donors (Lipinski definition) is 4. The monoisotopic (exact) mass is 313 g/mol. The molecule has 2 rings (SSSR count). The van der Waals surface area contributed by atoms with Crippen molar-refractivity contribution in [2.75, 3.05) is 10.6 Å². The molecule has 23 heavy (non-hydrogen) atoms. The minimum absolute atomic E-state index is 0.0431. The molecule has 0 heterocycles. The number of nitrogens with one attached hydrogen (secondary N) is 2. The minimum Gasteiger partial charge on any atom is -0.506 e. The molecule has 0 bridgehead atoms. The maximum atomic E-state index is 12.0. The standard InChI is InChI=1S/C16H15N3O4/c1-9(20)10-3-2-4-12(7-10)18-16(23)19-13-8-11(15(17)22)5-6-14(13)21/h2-8,21H,1H3,(H2,17,22)(H2,18,19,23). The van der Waals surface area contributed by atoms with Gasteiger partial charge in [-0.1, -0.05) is 12.1 Å². The number of Topliss-reactive ketones (excluding diaryl/α,β-unsaturated/α-hetero) is 1. The summed E-state index contributed by atoms with van der Waals surface area (Å²) in [5.74, 6) is -1.01. The van der Waals surface area contributed by atoms with Gasteiger partial charge in [-0.05, 0) is 37.3 Å². The van der Waals surface area contributed by atoms with Gasteiger partial charge in [-0.25, -0.2) is 4.79 Å². The first-order valence-corrected chi connectivity index (χ1v) is 6.68. The molecule has 0 fully saturated rings. The summed E-state index contributed by atoms with van der Waals surface area (Å²) in [6, 6.07) is 9.65. The van der Waals surface area contributed by atoms with Crippen molar-refractivity contribution in [3.05, 3.63) is 53.6 Å². The van der Waals surface area contributed by atoms with E-state index in [0.29, 0.717) is 11.3 Å². The number of primary amides is 1. The molecular formula is C16H15N3O4. The molecule has 0 atom stereocenters. The van der Waals surface area contributed by atoms with E-state index in [1.807, 2.05) is 0 Å². The molecule has 0 aliphatic heterocycles. The number of hydrogen-bond acceptors (Lipinski definition) is 4. The Morgan fingerprint density at radius 2 is 1.74 bits per heavy atom. The van der Waals surface area contributed by atoms with Gasteiger partial charge in [-0.15, -0.1) is 0 Å². The van der Waals surface area contributed by atoms with Crippen molar-refractivity contribution in [3.63, 3.8) is 0 Å². The number of benzene rings is 2. The van der Waals surface area contributed by atoms with Crippen molar-refractivity contribution in [2.45, 2.75) is 6.92 Å². The zero-order valence-electron chi connectivity index (χ0n) is 12.3. The number of rotatable bonds is 4. The number of aromatic hydroxyl groups is 1. The van der Waals surface area contributed by atoms with Crippen LogP contribution in [0.15, 0.2) is 42.5 Å². The Morgan fingerprint density at radius 3 is 2.39 bits per heavy atom. The molecule has 2 aromatic carbocycles. The van der Waals surface area contributed by atoms with E-state index in [0.717, 1.165) is 0 Å². The molecule has 118 valence electrons. The molecule has 0 saturated heterocycles. The number of carbonyl (C=O) groups is 3. The Balaban J connectivity index is 2.14. The molecule has 0 aliphatic rings.